The minimum absolute atomic E-state index is 0.0464. The second-order valence-electron chi connectivity index (χ2n) is 6.95. The Morgan fingerprint density at radius 1 is 1.26 bits per heavy atom. The number of carboxylic acids is 1. The molecule has 0 bridgehead atoms. The van der Waals surface area contributed by atoms with E-state index in [9.17, 15) is 18.0 Å². The molecule has 2 fully saturated rings. The molecule has 0 unspecified atom stereocenters. The molecule has 168 valence electrons. The van der Waals surface area contributed by atoms with Crippen LogP contribution in [-0.2, 0) is 20.9 Å². The number of amides is 1. The topological polar surface area (TPSA) is 102 Å². The van der Waals surface area contributed by atoms with Gasteiger partial charge in [-0.15, -0.1) is 0 Å². The van der Waals surface area contributed by atoms with Gasteiger partial charge in [-0.05, 0) is 37.1 Å². The summed E-state index contributed by atoms with van der Waals surface area (Å²) in [7, 11) is 0. The Morgan fingerprint density at radius 2 is 2.03 bits per heavy atom. The number of carboxylic acid groups (broad SMARTS) is 1. The highest BCUT2D eigenvalue weighted by atomic mass is 19.4. The van der Waals surface area contributed by atoms with Gasteiger partial charge in [-0.2, -0.15) is 13.2 Å². The lowest BCUT2D eigenvalue weighted by atomic mass is 10.0. The molecule has 4 heterocycles. The van der Waals surface area contributed by atoms with Crippen LogP contribution in [0.1, 0.15) is 29.1 Å². The van der Waals surface area contributed by atoms with Crippen molar-refractivity contribution in [1.82, 2.24) is 9.88 Å². The van der Waals surface area contributed by atoms with Crippen molar-refractivity contribution >= 4 is 11.9 Å². The van der Waals surface area contributed by atoms with Crippen molar-refractivity contribution in [2.45, 2.75) is 43.9 Å². The van der Waals surface area contributed by atoms with Crippen LogP contribution >= 0.6 is 0 Å². The molecule has 0 radical (unpaired) electrons. The van der Waals surface area contributed by atoms with Gasteiger partial charge in [0, 0.05) is 12.8 Å². The SMILES string of the molecule is O=C(O)C(F)(F)F.O=C(c1ccco1)N1C[C@@H](OCc2ccccn2)[C@@H]2OCCC[C@@H]21. The van der Waals surface area contributed by atoms with Crippen LogP contribution in [0.2, 0.25) is 0 Å². The summed E-state index contributed by atoms with van der Waals surface area (Å²) < 4.78 is 49.0. The number of carbonyl (C=O) groups excluding carboxylic acids is 1. The lowest BCUT2D eigenvalue weighted by Crippen LogP contribution is -2.43. The molecule has 2 aromatic heterocycles. The fourth-order valence-electron chi connectivity index (χ4n) is 3.51. The van der Waals surface area contributed by atoms with Crippen LogP contribution in [0, 0.1) is 0 Å². The molecule has 2 saturated heterocycles. The first-order chi connectivity index (χ1) is 14.8. The third-order valence-electron chi connectivity index (χ3n) is 4.88. The van der Waals surface area contributed by atoms with Crippen molar-refractivity contribution in [3.05, 3.63) is 54.2 Å². The summed E-state index contributed by atoms with van der Waals surface area (Å²) in [4.78, 5) is 27.7. The Labute approximate surface area is 175 Å². The van der Waals surface area contributed by atoms with E-state index in [2.05, 4.69) is 4.98 Å². The number of hydrogen-bond acceptors (Lipinski definition) is 6. The van der Waals surface area contributed by atoms with Gasteiger partial charge in [-0.1, -0.05) is 6.07 Å². The van der Waals surface area contributed by atoms with Crippen LogP contribution < -0.4 is 0 Å². The number of likely N-dealkylation sites (tertiary alicyclic amines) is 1. The quantitative estimate of drug-likeness (QED) is 0.777. The molecule has 1 N–H and O–H groups in total. The van der Waals surface area contributed by atoms with Crippen molar-refractivity contribution in [3.8, 4) is 0 Å². The average Bonchev–Trinajstić information content (AvgIpc) is 3.41. The van der Waals surface area contributed by atoms with Gasteiger partial charge in [0.05, 0.1) is 31.2 Å². The molecule has 0 aliphatic carbocycles. The lowest BCUT2D eigenvalue weighted by molar-refractivity contribution is -0.192. The zero-order valence-electron chi connectivity index (χ0n) is 16.3. The molecule has 0 spiro atoms. The molecule has 2 aliphatic heterocycles. The Morgan fingerprint density at radius 3 is 2.65 bits per heavy atom. The molecular weight excluding hydrogens is 421 g/mol. The highest BCUT2D eigenvalue weighted by Gasteiger charge is 2.47. The molecule has 31 heavy (non-hydrogen) atoms. The molecular formula is C20H21F3N2O6. The summed E-state index contributed by atoms with van der Waals surface area (Å²) in [6, 6.07) is 9.22. The van der Waals surface area contributed by atoms with E-state index in [-0.39, 0.29) is 24.2 Å². The van der Waals surface area contributed by atoms with Crippen molar-refractivity contribution in [2.75, 3.05) is 13.2 Å². The van der Waals surface area contributed by atoms with Gasteiger partial charge in [0.1, 0.15) is 12.2 Å². The number of ether oxygens (including phenoxy) is 2. The van der Waals surface area contributed by atoms with Crippen LogP contribution in [0.15, 0.2) is 47.2 Å². The normalized spacial score (nSPS) is 22.9. The Hall–Kier alpha value is -2.92. The standard InChI is InChI=1S/C18H20N2O4.C2HF3O2/c21-18(15-7-4-9-22-15)20-11-16(17-14(20)6-3-10-23-17)24-12-13-5-1-2-8-19-13;3-2(4,5)1(6)7/h1-2,4-5,7-9,14,16-17H,3,6,10-12H2;(H,6,7)/t14-,16+,17+;/m0./s1. The van der Waals surface area contributed by atoms with E-state index in [1.54, 1.807) is 18.3 Å². The number of aromatic nitrogens is 1. The average molecular weight is 442 g/mol. The summed E-state index contributed by atoms with van der Waals surface area (Å²) >= 11 is 0. The molecule has 3 atom stereocenters. The molecule has 2 aromatic rings. The van der Waals surface area contributed by atoms with Crippen molar-refractivity contribution < 1.29 is 41.8 Å². The molecule has 2 aliphatic rings. The van der Waals surface area contributed by atoms with E-state index in [4.69, 9.17) is 23.8 Å². The second kappa shape index (κ2) is 9.92. The number of furan rings is 1. The highest BCUT2D eigenvalue weighted by molar-refractivity contribution is 5.92. The smallest absolute Gasteiger partial charge is 0.475 e. The zero-order valence-corrected chi connectivity index (χ0v) is 16.3. The maximum absolute atomic E-state index is 12.7. The number of alkyl halides is 3. The Balaban J connectivity index is 0.000000339. The van der Waals surface area contributed by atoms with Crippen molar-refractivity contribution in [1.29, 1.82) is 0 Å². The minimum Gasteiger partial charge on any atom is -0.475 e. The highest BCUT2D eigenvalue weighted by Crippen LogP contribution is 2.32. The fourth-order valence-corrected chi connectivity index (χ4v) is 3.51. The lowest BCUT2D eigenvalue weighted by Gasteiger charge is -2.31. The molecule has 0 saturated carbocycles. The molecule has 11 heteroatoms. The fraction of sp³-hybridized carbons (Fsp3) is 0.450. The van der Waals surface area contributed by atoms with Crippen LogP contribution in [0.4, 0.5) is 13.2 Å². The first-order valence-corrected chi connectivity index (χ1v) is 9.55. The maximum Gasteiger partial charge on any atom is 0.490 e. The summed E-state index contributed by atoms with van der Waals surface area (Å²) in [5.41, 5.74) is 0.876. The summed E-state index contributed by atoms with van der Waals surface area (Å²) in [5.74, 6) is -2.48. The number of carbonyl (C=O) groups is 2. The van der Waals surface area contributed by atoms with Crippen LogP contribution in [0.3, 0.4) is 0 Å². The second-order valence-corrected chi connectivity index (χ2v) is 6.95. The van der Waals surface area contributed by atoms with Gasteiger partial charge in [-0.25, -0.2) is 4.79 Å². The van der Waals surface area contributed by atoms with Crippen molar-refractivity contribution in [2.24, 2.45) is 0 Å². The number of fused-ring (bicyclic) bond motifs is 1. The van der Waals surface area contributed by atoms with Crippen LogP contribution in [0.25, 0.3) is 0 Å². The van der Waals surface area contributed by atoms with Crippen LogP contribution in [-0.4, -0.2) is 64.4 Å². The van der Waals surface area contributed by atoms with Gasteiger partial charge in [-0.3, -0.25) is 9.78 Å². The van der Waals surface area contributed by atoms with Gasteiger partial charge in [0.25, 0.3) is 5.91 Å². The first kappa shape index (κ1) is 22.8. The minimum atomic E-state index is -5.08. The maximum atomic E-state index is 12.7. The monoisotopic (exact) mass is 442 g/mol. The molecule has 0 aromatic carbocycles. The van der Waals surface area contributed by atoms with Gasteiger partial charge in [0.2, 0.25) is 0 Å². The summed E-state index contributed by atoms with van der Waals surface area (Å²) in [6.45, 7) is 1.65. The van der Waals surface area contributed by atoms with E-state index >= 15 is 0 Å². The number of halogens is 3. The summed E-state index contributed by atoms with van der Waals surface area (Å²) in [6.07, 6.45) is -0.151. The van der Waals surface area contributed by atoms with E-state index in [1.165, 1.54) is 6.26 Å². The van der Waals surface area contributed by atoms with E-state index in [0.29, 0.717) is 25.5 Å². The number of aliphatic carboxylic acids is 1. The Bertz CT molecular complexity index is 860. The molecule has 8 nitrogen and oxygen atoms in total. The first-order valence-electron chi connectivity index (χ1n) is 9.55. The number of nitrogens with zero attached hydrogens (tertiary/aromatic N) is 2. The summed E-state index contributed by atoms with van der Waals surface area (Å²) in [5, 5.41) is 7.12. The number of hydrogen-bond donors (Lipinski definition) is 1. The van der Waals surface area contributed by atoms with Gasteiger partial charge in [0.15, 0.2) is 5.76 Å². The Kier molecular flexibility index (Phi) is 7.29. The van der Waals surface area contributed by atoms with Crippen molar-refractivity contribution in [3.63, 3.8) is 0 Å². The van der Waals surface area contributed by atoms with Gasteiger partial charge >= 0.3 is 12.1 Å². The van der Waals surface area contributed by atoms with Crippen LogP contribution in [0.5, 0.6) is 0 Å². The van der Waals surface area contributed by atoms with Gasteiger partial charge < -0.3 is 23.9 Å². The number of rotatable bonds is 4. The predicted molar refractivity (Wildman–Crippen MR) is 99.0 cm³/mol. The largest absolute Gasteiger partial charge is 0.490 e. The molecule has 4 rings (SSSR count). The van der Waals surface area contributed by atoms with E-state index in [1.807, 2.05) is 23.1 Å². The predicted octanol–water partition coefficient (Wildman–Crippen LogP) is 2.90. The third-order valence-corrected chi connectivity index (χ3v) is 4.88. The third kappa shape index (κ3) is 5.82. The molecule has 1 amide bonds. The zero-order chi connectivity index (χ0) is 22.4. The van der Waals surface area contributed by atoms with E-state index < -0.39 is 12.1 Å². The number of pyridine rings is 1. The van der Waals surface area contributed by atoms with E-state index in [0.717, 1.165) is 18.5 Å².